The second-order valence-electron chi connectivity index (χ2n) is 3.41. The number of esters is 1. The van der Waals surface area contributed by atoms with Gasteiger partial charge in [0.15, 0.2) is 5.13 Å². The number of rotatable bonds is 4. The first-order valence-electron chi connectivity index (χ1n) is 4.77. The summed E-state index contributed by atoms with van der Waals surface area (Å²) in [5, 5.41) is 12.9. The second-order valence-corrected chi connectivity index (χ2v) is 4.31. The summed E-state index contributed by atoms with van der Waals surface area (Å²) < 4.78 is 41.8. The van der Waals surface area contributed by atoms with Crippen LogP contribution in [0.3, 0.4) is 0 Å². The third-order valence-electron chi connectivity index (χ3n) is 2.09. The molecule has 19 heavy (non-hydrogen) atoms. The Bertz CT molecular complexity index is 463. The zero-order chi connectivity index (χ0) is 14.7. The molecule has 0 aliphatic rings. The van der Waals surface area contributed by atoms with Gasteiger partial charge >= 0.3 is 12.1 Å². The maximum Gasteiger partial charge on any atom is 0.428 e. The molecule has 0 aliphatic heterocycles. The molecule has 0 aliphatic carbocycles. The number of hydrogen-bond donors (Lipinski definition) is 2. The molecule has 106 valence electrons. The lowest BCUT2D eigenvalue weighted by atomic mass is 9.99. The van der Waals surface area contributed by atoms with Gasteiger partial charge in [0.05, 0.1) is 13.5 Å². The molecule has 0 spiro atoms. The van der Waals surface area contributed by atoms with E-state index < -0.39 is 30.1 Å². The summed E-state index contributed by atoms with van der Waals surface area (Å²) in [4.78, 5) is 26.0. The molecule has 10 heteroatoms. The summed E-state index contributed by atoms with van der Waals surface area (Å²) in [5.74, 6) is -3.16. The lowest BCUT2D eigenvalue weighted by molar-refractivity contribution is -0.261. The van der Waals surface area contributed by atoms with Crippen molar-refractivity contribution in [3.8, 4) is 0 Å². The zero-order valence-electron chi connectivity index (χ0n) is 9.52. The van der Waals surface area contributed by atoms with Gasteiger partial charge in [-0.2, -0.15) is 13.2 Å². The van der Waals surface area contributed by atoms with E-state index in [-0.39, 0.29) is 5.13 Å². The van der Waals surface area contributed by atoms with Crippen LogP contribution in [0.2, 0.25) is 0 Å². The first-order valence-corrected chi connectivity index (χ1v) is 5.65. The maximum absolute atomic E-state index is 12.6. The van der Waals surface area contributed by atoms with Crippen molar-refractivity contribution in [3.05, 3.63) is 11.6 Å². The van der Waals surface area contributed by atoms with Gasteiger partial charge in [-0.05, 0) is 0 Å². The van der Waals surface area contributed by atoms with Crippen molar-refractivity contribution >= 4 is 28.3 Å². The number of carbonyl (C=O) groups is 2. The summed E-state index contributed by atoms with van der Waals surface area (Å²) in [6.07, 6.45) is -5.51. The molecular formula is C9H9F3N2O4S. The van der Waals surface area contributed by atoms with Crippen LogP contribution in [-0.2, 0) is 14.3 Å². The van der Waals surface area contributed by atoms with Crippen molar-refractivity contribution in [3.63, 3.8) is 0 Å². The molecule has 0 aromatic carbocycles. The summed E-state index contributed by atoms with van der Waals surface area (Å²) in [6, 6.07) is 0. The van der Waals surface area contributed by atoms with E-state index in [1.54, 1.807) is 0 Å². The Morgan fingerprint density at radius 1 is 1.53 bits per heavy atom. The summed E-state index contributed by atoms with van der Waals surface area (Å²) in [7, 11) is 0.678. The van der Waals surface area contributed by atoms with Gasteiger partial charge in [0, 0.05) is 11.6 Å². The fourth-order valence-corrected chi connectivity index (χ4v) is 1.68. The molecule has 1 aromatic rings. The van der Waals surface area contributed by atoms with Crippen LogP contribution in [0.15, 0.2) is 11.6 Å². The number of alkyl halides is 3. The highest BCUT2D eigenvalue weighted by molar-refractivity contribution is 7.13. The van der Waals surface area contributed by atoms with E-state index in [0.717, 1.165) is 11.3 Å². The van der Waals surface area contributed by atoms with Crippen LogP contribution in [0.1, 0.15) is 6.42 Å². The number of aromatic nitrogens is 1. The molecule has 1 atom stereocenters. The normalized spacial score (nSPS) is 14.6. The number of hydrogen-bond acceptors (Lipinski definition) is 6. The number of methoxy groups -OCH3 is 1. The van der Waals surface area contributed by atoms with Gasteiger partial charge in [0.25, 0.3) is 5.60 Å². The highest BCUT2D eigenvalue weighted by Crippen LogP contribution is 2.34. The monoisotopic (exact) mass is 298 g/mol. The minimum Gasteiger partial charge on any atom is -0.467 e. The molecule has 0 fully saturated rings. The van der Waals surface area contributed by atoms with Gasteiger partial charge in [-0.3, -0.25) is 4.79 Å². The number of carbonyl (C=O) groups excluding carboxylic acids is 2. The minimum absolute atomic E-state index is 0.0550. The number of nitrogens with zero attached hydrogens (tertiary/aromatic N) is 1. The number of aliphatic hydroxyl groups is 1. The van der Waals surface area contributed by atoms with Crippen LogP contribution in [0.25, 0.3) is 0 Å². The standard InChI is InChI=1S/C9H9F3N2O4S/c1-18-6(16)8(17,9(10,11)12)4-5(15)14-7-13-2-3-19-7/h2-3,17H,4H2,1H3,(H,13,14,15). The van der Waals surface area contributed by atoms with Crippen molar-refractivity contribution in [2.24, 2.45) is 0 Å². The van der Waals surface area contributed by atoms with Crippen molar-refractivity contribution in [2.75, 3.05) is 12.4 Å². The second kappa shape index (κ2) is 5.53. The Morgan fingerprint density at radius 2 is 2.16 bits per heavy atom. The Kier molecular flexibility index (Phi) is 4.48. The molecule has 0 bridgehead atoms. The molecule has 1 rings (SSSR count). The average molecular weight is 298 g/mol. The van der Waals surface area contributed by atoms with Crippen LogP contribution in [0.5, 0.6) is 0 Å². The number of ether oxygens (including phenoxy) is 1. The number of thiazole rings is 1. The van der Waals surface area contributed by atoms with Gasteiger partial charge in [0.1, 0.15) is 0 Å². The van der Waals surface area contributed by atoms with Crippen molar-refractivity contribution < 1.29 is 32.6 Å². The van der Waals surface area contributed by atoms with Crippen molar-refractivity contribution in [2.45, 2.75) is 18.2 Å². The van der Waals surface area contributed by atoms with Gasteiger partial charge in [-0.15, -0.1) is 11.3 Å². The Morgan fingerprint density at radius 3 is 2.58 bits per heavy atom. The average Bonchev–Trinajstić information content (AvgIpc) is 2.78. The minimum atomic E-state index is -5.33. The number of amides is 1. The molecular weight excluding hydrogens is 289 g/mol. The van der Waals surface area contributed by atoms with Gasteiger partial charge in [-0.1, -0.05) is 0 Å². The Hall–Kier alpha value is -1.68. The summed E-state index contributed by atoms with van der Waals surface area (Å²) >= 11 is 0.977. The smallest absolute Gasteiger partial charge is 0.428 e. The first kappa shape index (κ1) is 15.4. The van der Waals surface area contributed by atoms with Crippen molar-refractivity contribution in [1.29, 1.82) is 0 Å². The van der Waals surface area contributed by atoms with E-state index in [4.69, 9.17) is 0 Å². The lowest BCUT2D eigenvalue weighted by Crippen LogP contribution is -2.54. The number of anilines is 1. The molecule has 1 aromatic heterocycles. The van der Waals surface area contributed by atoms with E-state index in [9.17, 15) is 27.9 Å². The fourth-order valence-electron chi connectivity index (χ4n) is 1.14. The molecule has 2 N–H and O–H groups in total. The Balaban J connectivity index is 2.84. The molecule has 0 radical (unpaired) electrons. The number of nitrogens with one attached hydrogen (secondary N) is 1. The lowest BCUT2D eigenvalue weighted by Gasteiger charge is -2.26. The quantitative estimate of drug-likeness (QED) is 0.808. The Labute approximate surface area is 109 Å². The first-order chi connectivity index (χ1) is 8.70. The van der Waals surface area contributed by atoms with E-state index in [1.165, 1.54) is 11.6 Å². The highest BCUT2D eigenvalue weighted by Gasteiger charge is 2.61. The third kappa shape index (κ3) is 3.41. The molecule has 6 nitrogen and oxygen atoms in total. The van der Waals surface area contributed by atoms with Crippen LogP contribution < -0.4 is 5.32 Å². The summed E-state index contributed by atoms with van der Waals surface area (Å²) in [5.41, 5.74) is -3.89. The third-order valence-corrected chi connectivity index (χ3v) is 2.78. The van der Waals surface area contributed by atoms with E-state index in [0.29, 0.717) is 7.11 Å². The molecule has 0 saturated heterocycles. The van der Waals surface area contributed by atoms with E-state index in [1.807, 2.05) is 5.32 Å². The van der Waals surface area contributed by atoms with Crippen LogP contribution >= 0.6 is 11.3 Å². The van der Waals surface area contributed by atoms with Crippen LogP contribution in [0.4, 0.5) is 18.3 Å². The van der Waals surface area contributed by atoms with Crippen molar-refractivity contribution in [1.82, 2.24) is 4.98 Å². The molecule has 1 amide bonds. The van der Waals surface area contributed by atoms with Crippen LogP contribution in [-0.4, -0.2) is 40.9 Å². The molecule has 0 saturated carbocycles. The predicted octanol–water partition coefficient (Wildman–Crippen LogP) is 0.938. The molecule has 1 unspecified atom stereocenters. The summed E-state index contributed by atoms with van der Waals surface area (Å²) in [6.45, 7) is 0. The van der Waals surface area contributed by atoms with Crippen LogP contribution in [0, 0.1) is 0 Å². The number of halogens is 3. The van der Waals surface area contributed by atoms with Gasteiger partial charge < -0.3 is 15.2 Å². The van der Waals surface area contributed by atoms with Gasteiger partial charge in [0.2, 0.25) is 5.91 Å². The van der Waals surface area contributed by atoms with Gasteiger partial charge in [-0.25, -0.2) is 9.78 Å². The maximum atomic E-state index is 12.6. The predicted molar refractivity (Wildman–Crippen MR) is 58.4 cm³/mol. The van der Waals surface area contributed by atoms with E-state index in [2.05, 4.69) is 9.72 Å². The molecule has 1 heterocycles. The topological polar surface area (TPSA) is 88.5 Å². The fraction of sp³-hybridized carbons (Fsp3) is 0.444. The van der Waals surface area contributed by atoms with E-state index >= 15 is 0 Å². The zero-order valence-corrected chi connectivity index (χ0v) is 10.3. The largest absolute Gasteiger partial charge is 0.467 e. The SMILES string of the molecule is COC(=O)C(O)(CC(=O)Nc1nccs1)C(F)(F)F. The highest BCUT2D eigenvalue weighted by atomic mass is 32.1.